The molecule has 0 N–H and O–H groups in total. The summed E-state index contributed by atoms with van der Waals surface area (Å²) in [6, 6.07) is 30.5. The van der Waals surface area contributed by atoms with Crippen LogP contribution in [0.4, 0.5) is 0 Å². The molecule has 0 fully saturated rings. The third-order valence-corrected chi connectivity index (χ3v) is 5.59. The van der Waals surface area contributed by atoms with Gasteiger partial charge in [0.2, 0.25) is 0 Å². The molecule has 0 radical (unpaired) electrons. The van der Waals surface area contributed by atoms with E-state index < -0.39 is 0 Å². The van der Waals surface area contributed by atoms with Gasteiger partial charge in [-0.25, -0.2) is 0 Å². The lowest BCUT2D eigenvalue weighted by molar-refractivity contribution is 0.268. The largest absolute Gasteiger partial charge is 0.490 e. The van der Waals surface area contributed by atoms with Gasteiger partial charge in [0, 0.05) is 5.56 Å². The molecule has 0 spiro atoms. The monoisotopic (exact) mass is 445 g/mol. The molecule has 4 aromatic rings. The molecule has 0 aliphatic rings. The second kappa shape index (κ2) is 11.0. The van der Waals surface area contributed by atoms with E-state index in [1.165, 1.54) is 10.8 Å². The van der Waals surface area contributed by atoms with E-state index in [1.807, 2.05) is 73.7 Å². The molecule has 0 atom stereocenters. The molecule has 0 unspecified atom stereocenters. The first-order valence-corrected chi connectivity index (χ1v) is 11.4. The number of allylic oxidation sites excluding steroid dienone is 2. The summed E-state index contributed by atoms with van der Waals surface area (Å²) in [4.78, 5) is 0. The van der Waals surface area contributed by atoms with Gasteiger partial charge in [-0.1, -0.05) is 78.9 Å². The minimum atomic E-state index is 0.425. The minimum Gasteiger partial charge on any atom is -0.490 e. The number of ether oxygens (including phenoxy) is 2. The van der Waals surface area contributed by atoms with E-state index in [2.05, 4.69) is 43.0 Å². The summed E-state index contributed by atoms with van der Waals surface area (Å²) in [5, 5.41) is 12.1. The molecule has 168 valence electrons. The van der Waals surface area contributed by atoms with Crippen molar-refractivity contribution >= 4 is 22.4 Å². The minimum absolute atomic E-state index is 0.425. The van der Waals surface area contributed by atoms with Crippen LogP contribution in [0.5, 0.6) is 11.5 Å². The topological polar surface area (TPSA) is 42.2 Å². The highest BCUT2D eigenvalue weighted by atomic mass is 16.5. The Labute approximate surface area is 201 Å². The number of nitriles is 1. The molecule has 0 bridgehead atoms. The Morgan fingerprint density at radius 3 is 2.44 bits per heavy atom. The van der Waals surface area contributed by atoms with E-state index in [-0.39, 0.29) is 0 Å². The predicted octanol–water partition coefficient (Wildman–Crippen LogP) is 7.61. The maximum absolute atomic E-state index is 9.75. The number of rotatable bonds is 9. The molecule has 34 heavy (non-hydrogen) atoms. The van der Waals surface area contributed by atoms with Crippen molar-refractivity contribution in [3.05, 3.63) is 120 Å². The number of nitrogens with zero attached hydrogens (tertiary/aromatic N) is 1. The molecular weight excluding hydrogens is 418 g/mol. The van der Waals surface area contributed by atoms with Crippen LogP contribution in [0.2, 0.25) is 0 Å². The number of hydrogen-bond donors (Lipinski definition) is 0. The fourth-order valence-electron chi connectivity index (χ4n) is 4.03. The molecule has 3 heteroatoms. The fraction of sp³-hybridized carbons (Fsp3) is 0.129. The van der Waals surface area contributed by atoms with Gasteiger partial charge in [-0.15, -0.1) is 6.58 Å². The summed E-state index contributed by atoms with van der Waals surface area (Å²) >= 11 is 0. The molecule has 4 aromatic carbocycles. The molecule has 3 nitrogen and oxygen atoms in total. The van der Waals surface area contributed by atoms with E-state index in [9.17, 15) is 5.26 Å². The molecular formula is C31H27NO2. The summed E-state index contributed by atoms with van der Waals surface area (Å²) in [7, 11) is 0. The van der Waals surface area contributed by atoms with Crippen molar-refractivity contribution in [3.8, 4) is 17.6 Å². The van der Waals surface area contributed by atoms with Gasteiger partial charge in [-0.05, 0) is 59.0 Å². The smallest absolute Gasteiger partial charge is 0.165 e. The van der Waals surface area contributed by atoms with E-state index in [4.69, 9.17) is 9.47 Å². The zero-order valence-electron chi connectivity index (χ0n) is 19.3. The van der Waals surface area contributed by atoms with Gasteiger partial charge >= 0.3 is 0 Å². The molecule has 0 aromatic heterocycles. The highest BCUT2D eigenvalue weighted by molar-refractivity contribution is 5.90. The van der Waals surface area contributed by atoms with Crippen molar-refractivity contribution < 1.29 is 9.47 Å². The Bertz CT molecular complexity index is 1360. The quantitative estimate of drug-likeness (QED) is 0.151. The van der Waals surface area contributed by atoms with Crippen molar-refractivity contribution in [2.75, 3.05) is 6.61 Å². The Kier molecular flexibility index (Phi) is 7.42. The lowest BCUT2D eigenvalue weighted by atomic mass is 10.0. The van der Waals surface area contributed by atoms with Crippen LogP contribution in [0.25, 0.3) is 22.4 Å². The van der Waals surface area contributed by atoms with Crippen LogP contribution >= 0.6 is 0 Å². The Morgan fingerprint density at radius 2 is 1.68 bits per heavy atom. The van der Waals surface area contributed by atoms with Gasteiger partial charge in [0.05, 0.1) is 18.2 Å². The molecule has 4 rings (SSSR count). The standard InChI is InChI=1S/C31H27NO2/c1-3-11-26-18-23(19-28(21-32)24-12-6-5-7-13-24)20-30(33-4-2)31(26)34-22-27-16-10-15-25-14-8-9-17-29(25)27/h3,5-10,12-20H,1,4,11,22H2,2H3/b28-19+. The Hall–Kier alpha value is -4.29. The average Bonchev–Trinajstić information content (AvgIpc) is 2.87. The van der Waals surface area contributed by atoms with Crippen LogP contribution in [0, 0.1) is 11.3 Å². The van der Waals surface area contributed by atoms with Gasteiger partial charge in [0.15, 0.2) is 11.5 Å². The maximum atomic E-state index is 9.75. The van der Waals surface area contributed by atoms with Crippen molar-refractivity contribution in [1.29, 1.82) is 5.26 Å². The Balaban J connectivity index is 1.72. The number of fused-ring (bicyclic) bond motifs is 1. The number of benzene rings is 4. The van der Waals surface area contributed by atoms with Gasteiger partial charge in [-0.2, -0.15) is 5.26 Å². The molecule has 0 saturated carbocycles. The zero-order valence-corrected chi connectivity index (χ0v) is 19.3. The average molecular weight is 446 g/mol. The SMILES string of the molecule is C=CCc1cc(/C=C(\C#N)c2ccccc2)cc(OCC)c1OCc1cccc2ccccc12. The van der Waals surface area contributed by atoms with Crippen molar-refractivity contribution in [2.24, 2.45) is 0 Å². The summed E-state index contributed by atoms with van der Waals surface area (Å²) in [5.41, 5.74) is 4.45. The van der Waals surface area contributed by atoms with Gasteiger partial charge < -0.3 is 9.47 Å². The van der Waals surface area contributed by atoms with Crippen LogP contribution in [-0.2, 0) is 13.0 Å². The first-order valence-electron chi connectivity index (χ1n) is 11.4. The van der Waals surface area contributed by atoms with Crippen molar-refractivity contribution in [3.63, 3.8) is 0 Å². The molecule has 0 amide bonds. The van der Waals surface area contributed by atoms with E-state index in [1.54, 1.807) is 0 Å². The van der Waals surface area contributed by atoms with Crippen LogP contribution in [0.1, 0.15) is 29.2 Å². The third kappa shape index (κ3) is 5.19. The van der Waals surface area contributed by atoms with E-state index >= 15 is 0 Å². The van der Waals surface area contributed by atoms with E-state index in [0.717, 1.165) is 22.3 Å². The summed E-state index contributed by atoms with van der Waals surface area (Å²) in [5.74, 6) is 1.38. The maximum Gasteiger partial charge on any atom is 0.165 e. The Morgan fingerprint density at radius 1 is 0.912 bits per heavy atom. The zero-order chi connectivity index (χ0) is 23.8. The second-order valence-electron chi connectivity index (χ2n) is 7.90. The highest BCUT2D eigenvalue weighted by Crippen LogP contribution is 2.36. The van der Waals surface area contributed by atoms with Gasteiger partial charge in [0.25, 0.3) is 0 Å². The molecule has 0 aliphatic heterocycles. The fourth-order valence-corrected chi connectivity index (χ4v) is 4.03. The van der Waals surface area contributed by atoms with Crippen LogP contribution < -0.4 is 9.47 Å². The second-order valence-corrected chi connectivity index (χ2v) is 7.90. The normalized spacial score (nSPS) is 11.1. The first-order chi connectivity index (χ1) is 16.7. The van der Waals surface area contributed by atoms with Crippen LogP contribution in [0.3, 0.4) is 0 Å². The summed E-state index contributed by atoms with van der Waals surface area (Å²) in [6.07, 6.45) is 4.37. The molecule has 0 saturated heterocycles. The van der Waals surface area contributed by atoms with Crippen molar-refractivity contribution in [2.45, 2.75) is 20.0 Å². The van der Waals surface area contributed by atoms with Gasteiger partial charge in [0.1, 0.15) is 6.61 Å². The first kappa shape index (κ1) is 22.9. The predicted molar refractivity (Wildman–Crippen MR) is 140 cm³/mol. The number of hydrogen-bond acceptors (Lipinski definition) is 3. The molecule has 0 heterocycles. The lowest BCUT2D eigenvalue weighted by Gasteiger charge is -2.17. The van der Waals surface area contributed by atoms with Gasteiger partial charge in [-0.3, -0.25) is 0 Å². The highest BCUT2D eigenvalue weighted by Gasteiger charge is 2.14. The summed E-state index contributed by atoms with van der Waals surface area (Å²) in [6.45, 7) is 6.81. The van der Waals surface area contributed by atoms with Crippen LogP contribution in [-0.4, -0.2) is 6.61 Å². The lowest BCUT2D eigenvalue weighted by Crippen LogP contribution is -2.04. The van der Waals surface area contributed by atoms with Crippen molar-refractivity contribution in [1.82, 2.24) is 0 Å². The van der Waals surface area contributed by atoms with Crippen LogP contribution in [0.15, 0.2) is 97.6 Å². The summed E-state index contributed by atoms with van der Waals surface area (Å²) < 4.78 is 12.4. The molecule has 0 aliphatic carbocycles. The third-order valence-electron chi connectivity index (χ3n) is 5.59. The van der Waals surface area contributed by atoms with E-state index in [0.29, 0.717) is 36.7 Å².